The molecule has 0 radical (unpaired) electrons. The molecule has 0 unspecified atom stereocenters. The normalized spacial score (nSPS) is 13.3. The smallest absolute Gasteiger partial charge is 0.528 e. The largest absolute Gasteiger partial charge is 3.00 e. The van der Waals surface area contributed by atoms with E-state index in [1.165, 1.54) is 0 Å². The van der Waals surface area contributed by atoms with Crippen LogP contribution < -0.4 is 9.80 Å². The first-order chi connectivity index (χ1) is 13.9. The van der Waals surface area contributed by atoms with E-state index in [4.69, 9.17) is 0 Å². The molecule has 0 N–H and O–H groups in total. The van der Waals surface area contributed by atoms with E-state index < -0.39 is 11.6 Å². The molecule has 3 aromatic rings. The molecule has 0 spiro atoms. The second kappa shape index (κ2) is 11.2. The molecule has 1 aliphatic heterocycles. The Kier molecular flexibility index (Phi) is 8.90. The third-order valence-electron chi connectivity index (χ3n) is 4.41. The van der Waals surface area contributed by atoms with Crippen molar-refractivity contribution in [3.63, 3.8) is 0 Å². The Bertz CT molecular complexity index is 937. The number of hydrogen-bond acceptors (Lipinski definition) is 4. The van der Waals surface area contributed by atoms with Gasteiger partial charge in [-0.2, -0.15) is 37.0 Å². The minimum Gasteiger partial charge on any atom is -0.528 e. The predicted molar refractivity (Wildman–Crippen MR) is 112 cm³/mol. The number of aromatic nitrogens is 1. The first kappa shape index (κ1) is 23.9. The molecule has 158 valence electrons. The maximum atomic E-state index is 13.5. The zero-order valence-corrected chi connectivity index (χ0v) is 19.5. The van der Waals surface area contributed by atoms with Gasteiger partial charge < -0.3 is 19.7 Å². The number of halogens is 2. The van der Waals surface area contributed by atoms with E-state index in [0.717, 1.165) is 36.6 Å². The molecule has 7 heteroatoms. The minimum atomic E-state index is -0.659. The van der Waals surface area contributed by atoms with Gasteiger partial charge in [-0.15, -0.1) is 17.8 Å². The number of likely N-dealkylation sites (N-methyl/N-ethyl adjacent to an activating group) is 1. The molecule has 0 aliphatic carbocycles. The molecule has 1 aliphatic rings. The fourth-order valence-electron chi connectivity index (χ4n) is 2.84. The average molecular weight is 586 g/mol. The molecule has 1 aromatic heterocycles. The Morgan fingerprint density at radius 3 is 2.50 bits per heavy atom. The van der Waals surface area contributed by atoms with Gasteiger partial charge in [-0.3, -0.25) is 8.78 Å². The Hall–Kier alpha value is -2.34. The molecule has 0 atom stereocenters. The Labute approximate surface area is 190 Å². The van der Waals surface area contributed by atoms with Crippen LogP contribution >= 0.6 is 0 Å². The minimum absolute atomic E-state index is 0. The van der Waals surface area contributed by atoms with Crippen LogP contribution in [0.3, 0.4) is 0 Å². The molecular formula is C23H23F2IrN4. The van der Waals surface area contributed by atoms with E-state index >= 15 is 0 Å². The summed E-state index contributed by atoms with van der Waals surface area (Å²) in [6.07, 6.45) is 1.58. The first-order valence-electron chi connectivity index (χ1n) is 9.23. The zero-order chi connectivity index (χ0) is 20.8. The maximum absolute atomic E-state index is 13.5. The Morgan fingerprint density at radius 1 is 1.10 bits per heavy atom. The standard InChI is InChI=1S/C13H11F2N2.C10H12N2.Ir/c1-17(2)10-5-6-16-13(8-10)11-4-3-9(14)7-12(11)15;1-11-7-8-12(9-11)10-5-3-2-4-6-10;/h3,5-8H,1-2H3;2-5,9H,7-8H2,1H3;/q-1;-2;+3. The van der Waals surface area contributed by atoms with Gasteiger partial charge in [0.25, 0.3) is 0 Å². The molecule has 2 aromatic carbocycles. The van der Waals surface area contributed by atoms with Gasteiger partial charge in [0.2, 0.25) is 0 Å². The van der Waals surface area contributed by atoms with Crippen molar-refractivity contribution in [2.45, 2.75) is 0 Å². The van der Waals surface area contributed by atoms with Crippen LogP contribution in [0.1, 0.15) is 0 Å². The number of pyridine rings is 1. The molecule has 4 rings (SSSR count). The van der Waals surface area contributed by atoms with Crippen molar-refractivity contribution in [1.29, 1.82) is 0 Å². The van der Waals surface area contributed by atoms with E-state index in [-0.39, 0.29) is 25.7 Å². The third-order valence-corrected chi connectivity index (χ3v) is 4.41. The second-order valence-electron chi connectivity index (χ2n) is 6.87. The van der Waals surface area contributed by atoms with Gasteiger partial charge in [0.05, 0.1) is 0 Å². The van der Waals surface area contributed by atoms with E-state index in [0.29, 0.717) is 5.69 Å². The average Bonchev–Trinajstić information content (AvgIpc) is 3.16. The maximum Gasteiger partial charge on any atom is 3.00 e. The Balaban J connectivity index is 0.000000218. The number of nitrogens with zero attached hydrogens (tertiary/aromatic N) is 4. The van der Waals surface area contributed by atoms with Gasteiger partial charge >= 0.3 is 20.1 Å². The van der Waals surface area contributed by atoms with Gasteiger partial charge in [0, 0.05) is 37.6 Å². The predicted octanol–water partition coefficient (Wildman–Crippen LogP) is 4.25. The van der Waals surface area contributed by atoms with E-state index in [9.17, 15) is 8.78 Å². The van der Waals surface area contributed by atoms with Gasteiger partial charge in [-0.25, -0.2) is 0 Å². The van der Waals surface area contributed by atoms with Crippen molar-refractivity contribution >= 4 is 11.4 Å². The van der Waals surface area contributed by atoms with Gasteiger partial charge in [-0.05, 0) is 31.9 Å². The van der Waals surface area contributed by atoms with Crippen LogP contribution in [0.4, 0.5) is 20.2 Å². The van der Waals surface area contributed by atoms with Crippen molar-refractivity contribution in [3.8, 4) is 11.3 Å². The summed E-state index contributed by atoms with van der Waals surface area (Å²) in [7, 11) is 5.84. The summed E-state index contributed by atoms with van der Waals surface area (Å²) in [6.45, 7) is 4.28. The summed E-state index contributed by atoms with van der Waals surface area (Å²) in [4.78, 5) is 10.3. The quantitative estimate of drug-likeness (QED) is 0.429. The number of anilines is 2. The summed E-state index contributed by atoms with van der Waals surface area (Å²) in [5, 5.41) is 0. The Morgan fingerprint density at radius 2 is 1.90 bits per heavy atom. The zero-order valence-electron chi connectivity index (χ0n) is 17.1. The number of rotatable bonds is 3. The van der Waals surface area contributed by atoms with E-state index in [2.05, 4.69) is 46.7 Å². The molecular weight excluding hydrogens is 562 g/mol. The van der Waals surface area contributed by atoms with Crippen molar-refractivity contribution in [3.05, 3.63) is 85.2 Å². The number of benzene rings is 2. The summed E-state index contributed by atoms with van der Waals surface area (Å²) in [5.74, 6) is -1.30. The van der Waals surface area contributed by atoms with Crippen LogP contribution in [0.2, 0.25) is 0 Å². The van der Waals surface area contributed by atoms with Crippen LogP contribution in [0.25, 0.3) is 11.3 Å². The molecule has 0 amide bonds. The first-order valence-corrected chi connectivity index (χ1v) is 9.23. The monoisotopic (exact) mass is 586 g/mol. The summed E-state index contributed by atoms with van der Waals surface area (Å²) >= 11 is 0. The van der Waals surface area contributed by atoms with E-state index in [1.54, 1.807) is 12.3 Å². The van der Waals surface area contributed by atoms with Gasteiger partial charge in [0.1, 0.15) is 0 Å². The van der Waals surface area contributed by atoms with Gasteiger partial charge in [-0.1, -0.05) is 17.7 Å². The molecule has 4 nitrogen and oxygen atoms in total. The summed E-state index contributed by atoms with van der Waals surface area (Å²) in [5.41, 5.74) is 2.66. The fourth-order valence-corrected chi connectivity index (χ4v) is 2.84. The molecule has 2 heterocycles. The molecule has 0 bridgehead atoms. The topological polar surface area (TPSA) is 22.6 Å². The van der Waals surface area contributed by atoms with Crippen LogP contribution in [0, 0.1) is 30.4 Å². The molecule has 1 fully saturated rings. The van der Waals surface area contributed by atoms with E-state index in [1.807, 2.05) is 43.3 Å². The van der Waals surface area contributed by atoms with Crippen molar-refractivity contribution < 1.29 is 28.9 Å². The molecule has 30 heavy (non-hydrogen) atoms. The SMILES string of the molecule is CN(C)c1ccnc(-c2[c-]cc(F)cc2F)c1.CN1[CH-]N(c2[c-]cccc2)CC1.[Ir+3]. The summed E-state index contributed by atoms with van der Waals surface area (Å²) in [6, 6.07) is 19.3. The van der Waals surface area contributed by atoms with Crippen molar-refractivity contribution in [2.24, 2.45) is 0 Å². The second-order valence-corrected chi connectivity index (χ2v) is 6.87. The fraction of sp³-hybridized carbons (Fsp3) is 0.217. The number of hydrogen-bond donors (Lipinski definition) is 0. The molecule has 0 saturated carbocycles. The third kappa shape index (κ3) is 6.33. The van der Waals surface area contributed by atoms with Crippen LogP contribution in [-0.4, -0.2) is 44.1 Å². The molecule has 1 saturated heterocycles. The van der Waals surface area contributed by atoms with Gasteiger partial charge in [0.15, 0.2) is 0 Å². The van der Waals surface area contributed by atoms with Crippen LogP contribution in [-0.2, 0) is 20.1 Å². The number of para-hydroxylation sites is 1. The van der Waals surface area contributed by atoms with Crippen molar-refractivity contribution in [2.75, 3.05) is 44.0 Å². The van der Waals surface area contributed by atoms with Crippen molar-refractivity contribution in [1.82, 2.24) is 9.88 Å². The summed E-state index contributed by atoms with van der Waals surface area (Å²) < 4.78 is 26.3. The van der Waals surface area contributed by atoms with Crippen LogP contribution in [0.15, 0.2) is 54.7 Å². The van der Waals surface area contributed by atoms with Crippen LogP contribution in [0.5, 0.6) is 0 Å².